The maximum atomic E-state index is 12.9. The quantitative estimate of drug-likeness (QED) is 0.476. The number of piperazine rings is 1. The summed E-state index contributed by atoms with van der Waals surface area (Å²) in [6, 6.07) is 11.3. The molecule has 6 nitrogen and oxygen atoms in total. The zero-order valence-electron chi connectivity index (χ0n) is 18.5. The summed E-state index contributed by atoms with van der Waals surface area (Å²) in [4.78, 5) is 25.1. The van der Waals surface area contributed by atoms with E-state index in [1.807, 2.05) is 30.9 Å². The van der Waals surface area contributed by atoms with Crippen LogP contribution in [-0.4, -0.2) is 46.5 Å². The van der Waals surface area contributed by atoms with Crippen LogP contribution < -0.4 is 9.64 Å². The van der Waals surface area contributed by atoms with Crippen LogP contribution >= 0.6 is 11.6 Å². The van der Waals surface area contributed by atoms with Crippen LogP contribution in [0.4, 0.5) is 19.0 Å². The van der Waals surface area contributed by atoms with Crippen molar-refractivity contribution in [2.24, 2.45) is 0 Å². The van der Waals surface area contributed by atoms with E-state index in [1.54, 1.807) is 17.0 Å². The van der Waals surface area contributed by atoms with E-state index < -0.39 is 11.7 Å². The largest absolute Gasteiger partial charge is 0.437 e. The topological polar surface area (TPSA) is 58.6 Å². The molecule has 1 fully saturated rings. The monoisotopic (exact) mass is 490 g/mol. The van der Waals surface area contributed by atoms with Crippen molar-refractivity contribution in [3.63, 3.8) is 0 Å². The standard InChI is InChI=1S/C24H22ClF3N4O2/c1-15-3-8-19(25)20(11-15)34-22-12-21(29-14-30-22)31-9-10-32(16(2)13-31)23(33)17-4-6-18(7-5-17)24(26,27)28/h3-8,11-12,14,16H,9-10,13H2,1-2H3/t16-/m1/s1. The number of rotatable bonds is 4. The molecule has 34 heavy (non-hydrogen) atoms. The normalized spacial score (nSPS) is 16.5. The number of halogens is 4. The summed E-state index contributed by atoms with van der Waals surface area (Å²) in [5, 5.41) is 0.467. The van der Waals surface area contributed by atoms with E-state index in [9.17, 15) is 18.0 Å². The predicted molar refractivity (Wildman–Crippen MR) is 122 cm³/mol. The molecule has 0 unspecified atom stereocenters. The molecule has 2 heterocycles. The average Bonchev–Trinajstić information content (AvgIpc) is 2.81. The van der Waals surface area contributed by atoms with E-state index in [2.05, 4.69) is 9.97 Å². The van der Waals surface area contributed by atoms with Crippen LogP contribution in [0.1, 0.15) is 28.4 Å². The van der Waals surface area contributed by atoms with Gasteiger partial charge in [-0.05, 0) is 55.8 Å². The molecule has 1 aliphatic rings. The second-order valence-electron chi connectivity index (χ2n) is 8.12. The lowest BCUT2D eigenvalue weighted by Crippen LogP contribution is -2.54. The van der Waals surface area contributed by atoms with Crippen LogP contribution in [0.15, 0.2) is 54.9 Å². The van der Waals surface area contributed by atoms with Crippen molar-refractivity contribution in [1.29, 1.82) is 0 Å². The molecule has 0 radical (unpaired) electrons. The number of amides is 1. The molecule has 0 saturated carbocycles. The Bertz CT molecular complexity index is 1190. The van der Waals surface area contributed by atoms with Gasteiger partial charge in [0.05, 0.1) is 10.6 Å². The summed E-state index contributed by atoms with van der Waals surface area (Å²) in [6.45, 7) is 5.21. The fourth-order valence-electron chi connectivity index (χ4n) is 3.80. The van der Waals surface area contributed by atoms with Crippen LogP contribution in [-0.2, 0) is 6.18 Å². The maximum absolute atomic E-state index is 12.9. The Morgan fingerprint density at radius 2 is 1.82 bits per heavy atom. The molecule has 10 heteroatoms. The molecule has 1 aromatic heterocycles. The lowest BCUT2D eigenvalue weighted by Gasteiger charge is -2.40. The minimum atomic E-state index is -4.44. The molecule has 178 valence electrons. The number of anilines is 1. The number of aromatic nitrogens is 2. The van der Waals surface area contributed by atoms with Gasteiger partial charge in [0.1, 0.15) is 17.9 Å². The van der Waals surface area contributed by atoms with Gasteiger partial charge < -0.3 is 14.5 Å². The van der Waals surface area contributed by atoms with Gasteiger partial charge in [0, 0.05) is 37.3 Å². The van der Waals surface area contributed by atoms with Crippen molar-refractivity contribution >= 4 is 23.3 Å². The third-order valence-corrected chi connectivity index (χ3v) is 5.91. The van der Waals surface area contributed by atoms with Gasteiger partial charge in [0.25, 0.3) is 5.91 Å². The fourth-order valence-corrected chi connectivity index (χ4v) is 3.95. The van der Waals surface area contributed by atoms with Crippen LogP contribution in [0.2, 0.25) is 5.02 Å². The van der Waals surface area contributed by atoms with Crippen molar-refractivity contribution in [1.82, 2.24) is 14.9 Å². The third kappa shape index (κ3) is 5.25. The summed E-state index contributed by atoms with van der Waals surface area (Å²) >= 11 is 6.21. The first-order valence-corrected chi connectivity index (χ1v) is 11.0. The van der Waals surface area contributed by atoms with Gasteiger partial charge in [-0.2, -0.15) is 13.2 Å². The van der Waals surface area contributed by atoms with Gasteiger partial charge >= 0.3 is 6.18 Å². The Morgan fingerprint density at radius 1 is 1.09 bits per heavy atom. The van der Waals surface area contributed by atoms with Crippen LogP contribution in [0, 0.1) is 6.92 Å². The molecule has 0 bridgehead atoms. The Morgan fingerprint density at radius 3 is 2.50 bits per heavy atom. The highest BCUT2D eigenvalue weighted by Crippen LogP contribution is 2.31. The molecule has 1 saturated heterocycles. The smallest absolute Gasteiger partial charge is 0.416 e. The SMILES string of the molecule is Cc1ccc(Cl)c(Oc2cc(N3CCN(C(=O)c4ccc(C(F)(F)F)cc4)[C@H](C)C3)ncn2)c1. The van der Waals surface area contributed by atoms with Gasteiger partial charge in [-0.3, -0.25) is 4.79 Å². The number of carbonyl (C=O) groups excluding carboxylic acids is 1. The summed E-state index contributed by atoms with van der Waals surface area (Å²) < 4.78 is 44.3. The summed E-state index contributed by atoms with van der Waals surface area (Å²) in [7, 11) is 0. The first-order valence-electron chi connectivity index (χ1n) is 10.6. The number of aryl methyl sites for hydroxylation is 1. The molecule has 3 aromatic rings. The summed E-state index contributed by atoms with van der Waals surface area (Å²) in [6.07, 6.45) is -3.04. The van der Waals surface area contributed by atoms with Gasteiger partial charge in [-0.1, -0.05) is 17.7 Å². The molecule has 0 spiro atoms. The van der Waals surface area contributed by atoms with E-state index in [0.717, 1.165) is 17.7 Å². The van der Waals surface area contributed by atoms with E-state index in [-0.39, 0.29) is 17.5 Å². The number of carbonyl (C=O) groups is 1. The zero-order valence-corrected chi connectivity index (χ0v) is 19.3. The molecular weight excluding hydrogens is 469 g/mol. The highest BCUT2D eigenvalue weighted by Gasteiger charge is 2.32. The van der Waals surface area contributed by atoms with Gasteiger partial charge in [-0.25, -0.2) is 9.97 Å². The minimum Gasteiger partial charge on any atom is -0.437 e. The number of hydrogen-bond acceptors (Lipinski definition) is 5. The van der Waals surface area contributed by atoms with Crippen LogP contribution in [0.25, 0.3) is 0 Å². The average molecular weight is 491 g/mol. The molecule has 1 aliphatic heterocycles. The van der Waals surface area contributed by atoms with Crippen molar-refractivity contribution in [3.8, 4) is 11.6 Å². The molecular formula is C24H22ClF3N4O2. The molecule has 2 aromatic carbocycles. The first kappa shape index (κ1) is 23.8. The Kier molecular flexibility index (Phi) is 6.65. The minimum absolute atomic E-state index is 0.186. The Balaban J connectivity index is 1.44. The lowest BCUT2D eigenvalue weighted by molar-refractivity contribution is -0.137. The highest BCUT2D eigenvalue weighted by molar-refractivity contribution is 6.32. The maximum Gasteiger partial charge on any atom is 0.416 e. The summed E-state index contributed by atoms with van der Waals surface area (Å²) in [5.74, 6) is 1.17. The summed E-state index contributed by atoms with van der Waals surface area (Å²) in [5.41, 5.74) is 0.438. The number of hydrogen-bond donors (Lipinski definition) is 0. The van der Waals surface area contributed by atoms with Crippen LogP contribution in [0.5, 0.6) is 11.6 Å². The molecule has 4 rings (SSSR count). The number of ether oxygens (including phenoxy) is 1. The van der Waals surface area contributed by atoms with Gasteiger partial charge in [-0.15, -0.1) is 0 Å². The first-order chi connectivity index (χ1) is 16.1. The molecule has 0 N–H and O–H groups in total. The van der Waals surface area contributed by atoms with E-state index in [4.69, 9.17) is 16.3 Å². The van der Waals surface area contributed by atoms with Crippen molar-refractivity contribution in [2.45, 2.75) is 26.1 Å². The highest BCUT2D eigenvalue weighted by atomic mass is 35.5. The van der Waals surface area contributed by atoms with E-state index in [0.29, 0.717) is 42.1 Å². The molecule has 0 aliphatic carbocycles. The van der Waals surface area contributed by atoms with Gasteiger partial charge in [0.2, 0.25) is 5.88 Å². The zero-order chi connectivity index (χ0) is 24.5. The Hall–Kier alpha value is -3.33. The van der Waals surface area contributed by atoms with Crippen molar-refractivity contribution in [2.75, 3.05) is 24.5 Å². The van der Waals surface area contributed by atoms with Crippen LogP contribution in [0.3, 0.4) is 0 Å². The fraction of sp³-hybridized carbons (Fsp3) is 0.292. The third-order valence-electron chi connectivity index (χ3n) is 5.60. The molecule has 1 atom stereocenters. The molecule has 1 amide bonds. The predicted octanol–water partition coefficient (Wildman–Crippen LogP) is 5.60. The number of nitrogens with zero attached hydrogens (tertiary/aromatic N) is 4. The van der Waals surface area contributed by atoms with E-state index in [1.165, 1.54) is 18.5 Å². The van der Waals surface area contributed by atoms with Gasteiger partial charge in [0.15, 0.2) is 0 Å². The Labute approximate surface area is 199 Å². The van der Waals surface area contributed by atoms with Crippen molar-refractivity contribution < 1.29 is 22.7 Å². The second-order valence-corrected chi connectivity index (χ2v) is 8.53. The second kappa shape index (κ2) is 9.50. The lowest BCUT2D eigenvalue weighted by atomic mass is 10.1. The van der Waals surface area contributed by atoms with Crippen molar-refractivity contribution in [3.05, 3.63) is 76.6 Å². The van der Waals surface area contributed by atoms with E-state index >= 15 is 0 Å². The number of alkyl halides is 3. The number of benzene rings is 2.